The van der Waals surface area contributed by atoms with Gasteiger partial charge >= 0.3 is 0 Å². The first-order valence-electron chi connectivity index (χ1n) is 10.6. The first kappa shape index (κ1) is 19.9. The van der Waals surface area contributed by atoms with Gasteiger partial charge in [-0.1, -0.05) is 13.8 Å². The van der Waals surface area contributed by atoms with Crippen LogP contribution in [-0.4, -0.2) is 58.9 Å². The quantitative estimate of drug-likeness (QED) is 0.738. The van der Waals surface area contributed by atoms with E-state index in [0.29, 0.717) is 18.0 Å². The minimum atomic E-state index is -0.102. The van der Waals surface area contributed by atoms with Crippen molar-refractivity contribution >= 4 is 22.7 Å². The third-order valence-electron chi connectivity index (χ3n) is 6.48. The smallest absolute Gasteiger partial charge is 0.270 e. The molecule has 2 saturated heterocycles. The first-order valence-corrected chi connectivity index (χ1v) is 10.6. The molecule has 156 valence electrons. The van der Waals surface area contributed by atoms with E-state index in [0.717, 1.165) is 56.3 Å². The Labute approximate surface area is 171 Å². The highest BCUT2D eigenvalue weighted by atomic mass is 16.2. The molecule has 4 heterocycles. The van der Waals surface area contributed by atoms with E-state index in [1.165, 1.54) is 0 Å². The highest BCUT2D eigenvalue weighted by Gasteiger charge is 2.37. The Morgan fingerprint density at radius 2 is 2.17 bits per heavy atom. The number of nitrogens with zero attached hydrogens (tertiary/aromatic N) is 2. The van der Waals surface area contributed by atoms with Gasteiger partial charge in [-0.25, -0.2) is 0 Å². The van der Waals surface area contributed by atoms with Crippen LogP contribution in [0.1, 0.15) is 50.0 Å². The second-order valence-corrected chi connectivity index (χ2v) is 9.18. The van der Waals surface area contributed by atoms with Crippen LogP contribution in [0.2, 0.25) is 0 Å². The number of fused-ring (bicyclic) bond motifs is 1. The van der Waals surface area contributed by atoms with Crippen LogP contribution in [0.25, 0.3) is 10.9 Å². The molecule has 2 aromatic rings. The van der Waals surface area contributed by atoms with Gasteiger partial charge < -0.3 is 20.5 Å². The zero-order chi connectivity index (χ0) is 20.4. The number of aromatic nitrogens is 2. The van der Waals surface area contributed by atoms with Gasteiger partial charge in [0.25, 0.3) is 5.91 Å². The molecule has 2 atom stereocenters. The predicted molar refractivity (Wildman–Crippen MR) is 113 cm³/mol. The van der Waals surface area contributed by atoms with Gasteiger partial charge in [-0.05, 0) is 42.7 Å². The summed E-state index contributed by atoms with van der Waals surface area (Å²) in [5.41, 5.74) is 1.38. The second kappa shape index (κ2) is 8.14. The Bertz CT molecular complexity index is 890. The fourth-order valence-corrected chi connectivity index (χ4v) is 4.81. The summed E-state index contributed by atoms with van der Waals surface area (Å²) in [5, 5.41) is 7.08. The molecule has 0 radical (unpaired) electrons. The van der Waals surface area contributed by atoms with E-state index in [-0.39, 0.29) is 23.3 Å². The molecule has 0 bridgehead atoms. The van der Waals surface area contributed by atoms with Crippen molar-refractivity contribution in [3.05, 3.63) is 30.2 Å². The van der Waals surface area contributed by atoms with Crippen LogP contribution in [0, 0.1) is 11.3 Å². The van der Waals surface area contributed by atoms with Crippen molar-refractivity contribution in [2.45, 2.75) is 45.6 Å². The standard InChI is InChI=1S/C22H31N5O2/c1-22(2)14-27(13-15-3-4-19(28)24-9-5-15)12-8-18(22)26-21(29)20-16-6-10-23-17(16)7-11-25-20/h6-7,10-11,15,18,23H,3-5,8-9,12-14H2,1-2H3,(H,24,28)(H,26,29). The van der Waals surface area contributed by atoms with Gasteiger partial charge in [0.1, 0.15) is 5.69 Å². The van der Waals surface area contributed by atoms with Gasteiger partial charge in [-0.2, -0.15) is 0 Å². The largest absolute Gasteiger partial charge is 0.361 e. The molecule has 2 fully saturated rings. The molecule has 0 spiro atoms. The number of carbonyl (C=O) groups is 2. The summed E-state index contributed by atoms with van der Waals surface area (Å²) < 4.78 is 0. The molecule has 2 unspecified atom stereocenters. The van der Waals surface area contributed by atoms with Crippen molar-refractivity contribution in [2.24, 2.45) is 11.3 Å². The summed E-state index contributed by atoms with van der Waals surface area (Å²) in [6.45, 7) is 8.19. The number of amides is 2. The molecule has 0 aromatic carbocycles. The lowest BCUT2D eigenvalue weighted by atomic mass is 9.78. The minimum Gasteiger partial charge on any atom is -0.361 e. The Hall–Kier alpha value is -2.41. The van der Waals surface area contributed by atoms with Crippen LogP contribution >= 0.6 is 0 Å². The number of likely N-dealkylation sites (tertiary alicyclic amines) is 1. The number of piperidine rings is 1. The van der Waals surface area contributed by atoms with Crippen molar-refractivity contribution < 1.29 is 9.59 Å². The van der Waals surface area contributed by atoms with Crippen LogP contribution < -0.4 is 10.6 Å². The maximum atomic E-state index is 12.9. The molecule has 3 N–H and O–H groups in total. The SMILES string of the molecule is CC1(C)CN(CC2CCNC(=O)CC2)CCC1NC(=O)c1nccc2[nH]ccc12. The molecule has 0 saturated carbocycles. The third-order valence-corrected chi connectivity index (χ3v) is 6.48. The van der Waals surface area contributed by atoms with Gasteiger partial charge in [0.05, 0.1) is 0 Å². The molecule has 2 aliphatic rings. The van der Waals surface area contributed by atoms with Gasteiger partial charge in [-0.15, -0.1) is 0 Å². The summed E-state index contributed by atoms with van der Waals surface area (Å²) in [4.78, 5) is 34.5. The fraction of sp³-hybridized carbons (Fsp3) is 0.591. The Balaban J connectivity index is 1.37. The molecule has 0 aliphatic carbocycles. The molecule has 7 nitrogen and oxygen atoms in total. The first-order chi connectivity index (χ1) is 13.9. The Kier molecular flexibility index (Phi) is 5.58. The lowest BCUT2D eigenvalue weighted by Crippen LogP contribution is -2.56. The number of H-pyrrole nitrogens is 1. The number of pyridine rings is 1. The van der Waals surface area contributed by atoms with E-state index in [1.54, 1.807) is 6.20 Å². The summed E-state index contributed by atoms with van der Waals surface area (Å²) in [7, 11) is 0. The lowest BCUT2D eigenvalue weighted by molar-refractivity contribution is -0.120. The van der Waals surface area contributed by atoms with Crippen LogP contribution in [0.15, 0.2) is 24.5 Å². The van der Waals surface area contributed by atoms with E-state index in [9.17, 15) is 9.59 Å². The highest BCUT2D eigenvalue weighted by Crippen LogP contribution is 2.31. The normalized spacial score (nSPS) is 25.4. The van der Waals surface area contributed by atoms with Crippen molar-refractivity contribution in [1.82, 2.24) is 25.5 Å². The minimum absolute atomic E-state index is 0.0290. The number of nitrogens with one attached hydrogen (secondary N) is 3. The van der Waals surface area contributed by atoms with Crippen LogP contribution in [-0.2, 0) is 4.79 Å². The van der Waals surface area contributed by atoms with E-state index in [1.807, 2.05) is 18.3 Å². The molecule has 29 heavy (non-hydrogen) atoms. The average Bonchev–Trinajstić information content (AvgIpc) is 3.07. The molecular weight excluding hydrogens is 366 g/mol. The zero-order valence-corrected chi connectivity index (χ0v) is 17.3. The van der Waals surface area contributed by atoms with Crippen LogP contribution in [0.3, 0.4) is 0 Å². The van der Waals surface area contributed by atoms with Crippen molar-refractivity contribution in [2.75, 3.05) is 26.2 Å². The van der Waals surface area contributed by atoms with E-state index in [2.05, 4.69) is 39.3 Å². The molecule has 4 rings (SSSR count). The molecule has 2 amide bonds. The van der Waals surface area contributed by atoms with Crippen molar-refractivity contribution in [3.63, 3.8) is 0 Å². The summed E-state index contributed by atoms with van der Waals surface area (Å²) in [5.74, 6) is 0.640. The molecular formula is C22H31N5O2. The van der Waals surface area contributed by atoms with Crippen molar-refractivity contribution in [3.8, 4) is 0 Å². The number of rotatable bonds is 4. The predicted octanol–water partition coefficient (Wildman–Crippen LogP) is 2.31. The maximum absolute atomic E-state index is 12.9. The summed E-state index contributed by atoms with van der Waals surface area (Å²) in [6.07, 6.45) is 7.09. The number of carbonyl (C=O) groups excluding carboxylic acids is 2. The van der Waals surface area contributed by atoms with Gasteiger partial charge in [0, 0.05) is 61.9 Å². The molecule has 2 aliphatic heterocycles. The van der Waals surface area contributed by atoms with Crippen molar-refractivity contribution in [1.29, 1.82) is 0 Å². The topological polar surface area (TPSA) is 90.1 Å². The summed E-state index contributed by atoms with van der Waals surface area (Å²) >= 11 is 0. The zero-order valence-electron chi connectivity index (χ0n) is 17.3. The van der Waals surface area contributed by atoms with Crippen LogP contribution in [0.4, 0.5) is 0 Å². The summed E-state index contributed by atoms with van der Waals surface area (Å²) in [6, 6.07) is 3.89. The van der Waals surface area contributed by atoms with Gasteiger partial charge in [0.2, 0.25) is 5.91 Å². The van der Waals surface area contributed by atoms with E-state index >= 15 is 0 Å². The average molecular weight is 398 g/mol. The highest BCUT2D eigenvalue weighted by molar-refractivity contribution is 6.04. The van der Waals surface area contributed by atoms with E-state index < -0.39 is 0 Å². The Morgan fingerprint density at radius 3 is 3.00 bits per heavy atom. The van der Waals surface area contributed by atoms with Gasteiger partial charge in [-0.3, -0.25) is 14.6 Å². The third kappa shape index (κ3) is 4.45. The number of aromatic amines is 1. The Morgan fingerprint density at radius 1 is 1.31 bits per heavy atom. The fourth-order valence-electron chi connectivity index (χ4n) is 4.81. The van der Waals surface area contributed by atoms with Crippen LogP contribution in [0.5, 0.6) is 0 Å². The second-order valence-electron chi connectivity index (χ2n) is 9.18. The number of hydrogen-bond acceptors (Lipinski definition) is 4. The monoisotopic (exact) mass is 397 g/mol. The number of hydrogen-bond donors (Lipinski definition) is 3. The van der Waals surface area contributed by atoms with Gasteiger partial charge in [0.15, 0.2) is 0 Å². The molecule has 7 heteroatoms. The molecule has 2 aromatic heterocycles. The maximum Gasteiger partial charge on any atom is 0.270 e. The van der Waals surface area contributed by atoms with E-state index in [4.69, 9.17) is 0 Å². The lowest BCUT2D eigenvalue weighted by Gasteiger charge is -2.45.